The van der Waals surface area contributed by atoms with Crippen molar-refractivity contribution in [1.29, 1.82) is 0 Å². The van der Waals surface area contributed by atoms with Crippen molar-refractivity contribution in [2.45, 2.75) is 13.0 Å². The van der Waals surface area contributed by atoms with E-state index in [1.807, 2.05) is 13.0 Å². The average molecular weight is 419 g/mol. The molecule has 1 amide bonds. The Balaban J connectivity index is 1.98. The lowest BCUT2D eigenvalue weighted by Crippen LogP contribution is -2.29. The molecule has 0 saturated carbocycles. The summed E-state index contributed by atoms with van der Waals surface area (Å²) in [7, 11) is 2.95. The number of Topliss-reactive ketones (excluding diaryl/α,β-unsaturated/α-hetero) is 1. The average Bonchev–Trinajstić information content (AvgIpc) is 3.40. The number of amides is 1. The summed E-state index contributed by atoms with van der Waals surface area (Å²) >= 11 is 0. The fourth-order valence-electron chi connectivity index (χ4n) is 3.78. The largest absolute Gasteiger partial charge is 0.507 e. The predicted octanol–water partition coefficient (Wildman–Crippen LogP) is 4.23. The molecule has 3 aromatic rings. The molecule has 1 fully saturated rings. The summed E-state index contributed by atoms with van der Waals surface area (Å²) in [6.45, 7) is 1.85. The molecule has 2 heterocycles. The lowest BCUT2D eigenvalue weighted by molar-refractivity contribution is -0.132. The zero-order chi connectivity index (χ0) is 22.1. The van der Waals surface area contributed by atoms with E-state index in [-0.39, 0.29) is 11.3 Å². The monoisotopic (exact) mass is 419 g/mol. The third-order valence-electron chi connectivity index (χ3n) is 5.21. The Hall–Kier alpha value is -4.00. The maximum atomic E-state index is 13.2. The third kappa shape index (κ3) is 3.34. The number of carbonyl (C=O) groups excluding carboxylic acids is 2. The minimum absolute atomic E-state index is 0.0882. The molecule has 4 rings (SSSR count). The highest BCUT2D eigenvalue weighted by atomic mass is 16.5. The van der Waals surface area contributed by atoms with Gasteiger partial charge in [0.05, 0.1) is 37.3 Å². The van der Waals surface area contributed by atoms with Crippen LogP contribution in [0.5, 0.6) is 11.5 Å². The SMILES string of the molecule is COc1ccc(C)cc1/C(O)=C1/C(=O)C(=O)N(c2ccccc2OC)C1c1ccco1. The van der Waals surface area contributed by atoms with Crippen LogP contribution < -0.4 is 14.4 Å². The third-order valence-corrected chi connectivity index (χ3v) is 5.21. The standard InChI is InChI=1S/C24H21NO6/c1-14-10-11-17(29-2)15(13-14)22(26)20-21(19-9-6-12-31-19)25(24(28)23(20)27)16-7-4-5-8-18(16)30-3/h4-13,21,26H,1-3H3/b22-20-. The van der Waals surface area contributed by atoms with E-state index in [9.17, 15) is 14.7 Å². The molecule has 7 nitrogen and oxygen atoms in total. The Kier molecular flexibility index (Phi) is 5.25. The Labute approximate surface area is 179 Å². The van der Waals surface area contributed by atoms with Crippen LogP contribution in [0.4, 0.5) is 5.69 Å². The number of anilines is 1. The van der Waals surface area contributed by atoms with Crippen molar-refractivity contribution in [1.82, 2.24) is 0 Å². The molecule has 0 aliphatic carbocycles. The normalized spacial score (nSPS) is 17.8. The summed E-state index contributed by atoms with van der Waals surface area (Å²) in [5.41, 5.74) is 1.48. The van der Waals surface area contributed by atoms with Crippen molar-refractivity contribution in [2.75, 3.05) is 19.1 Å². The molecule has 1 saturated heterocycles. The Morgan fingerprint density at radius 1 is 1.00 bits per heavy atom. The summed E-state index contributed by atoms with van der Waals surface area (Å²) in [4.78, 5) is 27.6. The van der Waals surface area contributed by atoms with Crippen LogP contribution in [0.1, 0.15) is 22.9 Å². The number of methoxy groups -OCH3 is 2. The van der Waals surface area contributed by atoms with E-state index in [1.165, 1.54) is 25.4 Å². The number of hydrogen-bond donors (Lipinski definition) is 1. The number of hydrogen-bond acceptors (Lipinski definition) is 6. The molecule has 1 aromatic heterocycles. The zero-order valence-electron chi connectivity index (χ0n) is 17.3. The second-order valence-electron chi connectivity index (χ2n) is 7.06. The van der Waals surface area contributed by atoms with E-state index in [0.717, 1.165) is 5.56 Å². The van der Waals surface area contributed by atoms with Gasteiger partial charge in [-0.15, -0.1) is 0 Å². The summed E-state index contributed by atoms with van der Waals surface area (Å²) in [5, 5.41) is 11.2. The Bertz CT molecular complexity index is 1180. The number of aliphatic hydroxyl groups is 1. The summed E-state index contributed by atoms with van der Waals surface area (Å²) in [5.74, 6) is -0.831. The van der Waals surface area contributed by atoms with Crippen LogP contribution in [0.25, 0.3) is 5.76 Å². The molecule has 7 heteroatoms. The zero-order valence-corrected chi connectivity index (χ0v) is 17.3. The van der Waals surface area contributed by atoms with Crippen LogP contribution in [-0.2, 0) is 9.59 Å². The molecule has 1 N–H and O–H groups in total. The maximum Gasteiger partial charge on any atom is 0.300 e. The number of carbonyl (C=O) groups is 2. The minimum atomic E-state index is -0.975. The van der Waals surface area contributed by atoms with Gasteiger partial charge in [-0.3, -0.25) is 14.5 Å². The lowest BCUT2D eigenvalue weighted by Gasteiger charge is -2.25. The first-order valence-corrected chi connectivity index (χ1v) is 9.60. The van der Waals surface area contributed by atoms with Gasteiger partial charge < -0.3 is 19.0 Å². The molecule has 2 aromatic carbocycles. The second kappa shape index (κ2) is 8.02. The van der Waals surface area contributed by atoms with Gasteiger partial charge in [-0.25, -0.2) is 0 Å². The van der Waals surface area contributed by atoms with Gasteiger partial charge in [0.2, 0.25) is 0 Å². The van der Waals surface area contributed by atoms with Crippen molar-refractivity contribution >= 4 is 23.1 Å². The van der Waals surface area contributed by atoms with Crippen LogP contribution in [0.2, 0.25) is 0 Å². The van der Waals surface area contributed by atoms with Gasteiger partial charge in [-0.05, 0) is 43.3 Å². The first-order valence-electron chi connectivity index (χ1n) is 9.60. The van der Waals surface area contributed by atoms with Gasteiger partial charge in [0.1, 0.15) is 29.1 Å². The quantitative estimate of drug-likeness (QED) is 0.378. The Morgan fingerprint density at radius 3 is 2.42 bits per heavy atom. The molecule has 1 unspecified atom stereocenters. The van der Waals surface area contributed by atoms with Crippen molar-refractivity contribution in [3.05, 3.63) is 83.3 Å². The molecule has 0 radical (unpaired) electrons. The van der Waals surface area contributed by atoms with Gasteiger partial charge in [0, 0.05) is 0 Å². The maximum absolute atomic E-state index is 13.2. The number of para-hydroxylation sites is 2. The smallest absolute Gasteiger partial charge is 0.300 e. The predicted molar refractivity (Wildman–Crippen MR) is 114 cm³/mol. The summed E-state index contributed by atoms with van der Waals surface area (Å²) < 4.78 is 16.3. The van der Waals surface area contributed by atoms with Gasteiger partial charge in [-0.1, -0.05) is 23.8 Å². The van der Waals surface area contributed by atoms with Gasteiger partial charge in [0.25, 0.3) is 11.7 Å². The van der Waals surface area contributed by atoms with E-state index in [2.05, 4.69) is 0 Å². The van der Waals surface area contributed by atoms with E-state index in [0.29, 0.717) is 28.5 Å². The Morgan fingerprint density at radius 2 is 1.74 bits per heavy atom. The molecule has 31 heavy (non-hydrogen) atoms. The van der Waals surface area contributed by atoms with Crippen molar-refractivity contribution < 1.29 is 28.6 Å². The van der Waals surface area contributed by atoms with Crippen LogP contribution in [0.3, 0.4) is 0 Å². The molecule has 0 spiro atoms. The van der Waals surface area contributed by atoms with Gasteiger partial charge in [0.15, 0.2) is 0 Å². The van der Waals surface area contributed by atoms with Gasteiger partial charge >= 0.3 is 0 Å². The fraction of sp³-hybridized carbons (Fsp3) is 0.167. The fourth-order valence-corrected chi connectivity index (χ4v) is 3.78. The highest BCUT2D eigenvalue weighted by Crippen LogP contribution is 2.45. The van der Waals surface area contributed by atoms with Crippen molar-refractivity contribution in [3.8, 4) is 11.5 Å². The van der Waals surface area contributed by atoms with Crippen LogP contribution in [-0.4, -0.2) is 31.0 Å². The number of aliphatic hydroxyl groups excluding tert-OH is 1. The molecule has 1 aliphatic heterocycles. The lowest BCUT2D eigenvalue weighted by atomic mass is 9.97. The molecule has 0 bridgehead atoms. The molecular weight excluding hydrogens is 398 g/mol. The van der Waals surface area contributed by atoms with Crippen molar-refractivity contribution in [2.24, 2.45) is 0 Å². The van der Waals surface area contributed by atoms with E-state index in [4.69, 9.17) is 13.9 Å². The number of ketones is 1. The molecular formula is C24H21NO6. The molecule has 1 aliphatic rings. The van der Waals surface area contributed by atoms with Crippen LogP contribution in [0, 0.1) is 6.92 Å². The highest BCUT2D eigenvalue weighted by Gasteiger charge is 2.49. The van der Waals surface area contributed by atoms with Gasteiger partial charge in [-0.2, -0.15) is 0 Å². The van der Waals surface area contributed by atoms with E-state index < -0.39 is 17.7 Å². The van der Waals surface area contributed by atoms with Crippen LogP contribution in [0.15, 0.2) is 70.9 Å². The highest BCUT2D eigenvalue weighted by molar-refractivity contribution is 6.51. The number of benzene rings is 2. The number of nitrogens with zero attached hydrogens (tertiary/aromatic N) is 1. The summed E-state index contributed by atoms with van der Waals surface area (Å²) in [6, 6.07) is 14.4. The molecule has 158 valence electrons. The first-order chi connectivity index (χ1) is 15.0. The van der Waals surface area contributed by atoms with Crippen LogP contribution >= 0.6 is 0 Å². The number of ether oxygens (including phenoxy) is 2. The number of aryl methyl sites for hydroxylation is 1. The number of furan rings is 1. The van der Waals surface area contributed by atoms with Crippen molar-refractivity contribution in [3.63, 3.8) is 0 Å². The molecule has 1 atom stereocenters. The minimum Gasteiger partial charge on any atom is -0.507 e. The van der Waals surface area contributed by atoms with E-state index in [1.54, 1.807) is 48.5 Å². The summed E-state index contributed by atoms with van der Waals surface area (Å²) in [6.07, 6.45) is 1.45. The first kappa shape index (κ1) is 20.3. The topological polar surface area (TPSA) is 89.2 Å². The second-order valence-corrected chi connectivity index (χ2v) is 7.06. The van der Waals surface area contributed by atoms with E-state index >= 15 is 0 Å². The number of rotatable bonds is 5.